The molecule has 0 aliphatic carbocycles. The average molecular weight is 507 g/mol. The van der Waals surface area contributed by atoms with Gasteiger partial charge in [-0.2, -0.15) is 0 Å². The quantitative estimate of drug-likeness (QED) is 0.624. The van der Waals surface area contributed by atoms with Crippen LogP contribution in [0.4, 0.5) is 5.69 Å². The Hall–Kier alpha value is -3.55. The molecular weight excluding hydrogens is 468 g/mol. The summed E-state index contributed by atoms with van der Waals surface area (Å²) in [7, 11) is 1.63. The van der Waals surface area contributed by atoms with Gasteiger partial charge >= 0.3 is 0 Å². The Labute approximate surface area is 219 Å². The van der Waals surface area contributed by atoms with E-state index in [2.05, 4.69) is 10.2 Å². The van der Waals surface area contributed by atoms with Crippen LogP contribution in [0.3, 0.4) is 0 Å². The minimum atomic E-state index is -0.756. The number of hydrogen-bond acceptors (Lipinski definition) is 5. The fraction of sp³-hybridized carbons (Fsp3) is 0.483. The molecule has 2 heterocycles. The number of nitrogens with one attached hydrogen (secondary N) is 1. The maximum Gasteiger partial charge on any atom is 0.250 e. The van der Waals surface area contributed by atoms with E-state index in [1.807, 2.05) is 80.3 Å². The first kappa shape index (κ1) is 26.5. The fourth-order valence-electron chi connectivity index (χ4n) is 5.35. The first-order valence-electron chi connectivity index (χ1n) is 13.0. The molecule has 0 unspecified atom stereocenters. The first-order valence-corrected chi connectivity index (χ1v) is 13.0. The zero-order valence-corrected chi connectivity index (χ0v) is 22.3. The van der Waals surface area contributed by atoms with E-state index in [-0.39, 0.29) is 24.3 Å². The molecule has 37 heavy (non-hydrogen) atoms. The minimum Gasteiger partial charge on any atom is -0.496 e. The normalized spacial score (nSPS) is 17.3. The second-order valence-electron chi connectivity index (χ2n) is 10.9. The number of para-hydroxylation sites is 2. The molecular formula is C29H38N4O4. The number of likely N-dealkylation sites (tertiary alicyclic amines) is 1. The number of benzene rings is 2. The summed E-state index contributed by atoms with van der Waals surface area (Å²) in [6.45, 7) is 7.60. The van der Waals surface area contributed by atoms with Crippen LogP contribution in [0.1, 0.15) is 39.2 Å². The molecule has 2 aliphatic heterocycles. The molecule has 198 valence electrons. The van der Waals surface area contributed by atoms with Gasteiger partial charge in [-0.3, -0.25) is 14.4 Å². The lowest BCUT2D eigenvalue weighted by atomic mass is 9.84. The van der Waals surface area contributed by atoms with Crippen molar-refractivity contribution in [2.45, 2.75) is 45.6 Å². The molecule has 0 bridgehead atoms. The van der Waals surface area contributed by atoms with Crippen molar-refractivity contribution in [1.82, 2.24) is 15.1 Å². The van der Waals surface area contributed by atoms with Gasteiger partial charge in [0.25, 0.3) is 5.91 Å². The number of ether oxygens (including phenoxy) is 1. The number of carbonyl (C=O) groups is 3. The van der Waals surface area contributed by atoms with Crippen LogP contribution in [0.2, 0.25) is 0 Å². The summed E-state index contributed by atoms with van der Waals surface area (Å²) in [5.74, 6) is 0.668. The Balaban J connectivity index is 1.44. The van der Waals surface area contributed by atoms with E-state index >= 15 is 0 Å². The van der Waals surface area contributed by atoms with E-state index in [1.165, 1.54) is 0 Å². The molecule has 3 amide bonds. The number of carbonyl (C=O) groups excluding carboxylic acids is 3. The summed E-state index contributed by atoms with van der Waals surface area (Å²) in [5.41, 5.74) is 0.754. The number of amides is 3. The molecule has 2 aliphatic rings. The zero-order valence-electron chi connectivity index (χ0n) is 22.3. The van der Waals surface area contributed by atoms with Crippen LogP contribution in [0, 0.1) is 5.41 Å². The molecule has 0 aromatic heterocycles. The van der Waals surface area contributed by atoms with Gasteiger partial charge in [0.15, 0.2) is 0 Å². The molecule has 8 heteroatoms. The van der Waals surface area contributed by atoms with Crippen LogP contribution in [-0.2, 0) is 20.8 Å². The summed E-state index contributed by atoms with van der Waals surface area (Å²) < 4.78 is 5.39. The van der Waals surface area contributed by atoms with Gasteiger partial charge in [-0.05, 0) is 43.0 Å². The molecule has 0 radical (unpaired) electrons. The van der Waals surface area contributed by atoms with Crippen LogP contribution in [0.15, 0.2) is 54.6 Å². The van der Waals surface area contributed by atoms with Gasteiger partial charge in [0.1, 0.15) is 17.8 Å². The predicted molar refractivity (Wildman–Crippen MR) is 143 cm³/mol. The number of hydrogen-bond donors (Lipinski definition) is 1. The smallest absolute Gasteiger partial charge is 0.250 e. The minimum absolute atomic E-state index is 0.000474. The predicted octanol–water partition coefficient (Wildman–Crippen LogP) is 3.07. The third-order valence-electron chi connectivity index (χ3n) is 7.34. The van der Waals surface area contributed by atoms with E-state index in [0.717, 1.165) is 17.0 Å². The lowest BCUT2D eigenvalue weighted by Gasteiger charge is -2.44. The van der Waals surface area contributed by atoms with Crippen LogP contribution in [0.5, 0.6) is 5.75 Å². The molecule has 2 fully saturated rings. The standard InChI is InChI=1S/C29H38N4O4/c1-28(2,3)26(35)31-18-15-29(16-19-31)27(36)32(21-33(29)23-11-6-5-7-12-23)20-25(34)30-17-14-22-10-8-9-13-24(22)37-4/h5-13H,14-21H2,1-4H3,(H,30,34). The van der Waals surface area contributed by atoms with Crippen molar-refractivity contribution in [3.05, 3.63) is 60.2 Å². The molecule has 2 aromatic carbocycles. The van der Waals surface area contributed by atoms with Gasteiger partial charge < -0.3 is 24.8 Å². The Morgan fingerprint density at radius 2 is 1.65 bits per heavy atom. The van der Waals surface area contributed by atoms with Crippen molar-refractivity contribution in [3.8, 4) is 5.75 Å². The number of anilines is 1. The zero-order chi connectivity index (χ0) is 26.6. The van der Waals surface area contributed by atoms with Crippen molar-refractivity contribution in [3.63, 3.8) is 0 Å². The average Bonchev–Trinajstić information content (AvgIpc) is 3.15. The SMILES string of the molecule is COc1ccccc1CCNC(=O)CN1CN(c2ccccc2)C2(CCN(C(=O)C(C)(C)C)CC2)C1=O. The number of methoxy groups -OCH3 is 1. The molecule has 0 saturated carbocycles. The van der Waals surface area contributed by atoms with Gasteiger partial charge in [0.05, 0.1) is 13.8 Å². The molecule has 1 N–H and O–H groups in total. The Bertz CT molecular complexity index is 1120. The second-order valence-corrected chi connectivity index (χ2v) is 10.9. The van der Waals surface area contributed by atoms with Crippen LogP contribution in [-0.4, -0.2) is 73.0 Å². The van der Waals surface area contributed by atoms with Crippen LogP contribution >= 0.6 is 0 Å². The van der Waals surface area contributed by atoms with E-state index in [1.54, 1.807) is 12.0 Å². The number of nitrogens with zero attached hydrogens (tertiary/aromatic N) is 3. The Kier molecular flexibility index (Phi) is 7.76. The van der Waals surface area contributed by atoms with Crippen LogP contribution < -0.4 is 15.0 Å². The largest absolute Gasteiger partial charge is 0.496 e. The lowest BCUT2D eigenvalue weighted by molar-refractivity contribution is -0.144. The molecule has 2 aromatic rings. The number of rotatable bonds is 7. The topological polar surface area (TPSA) is 82.2 Å². The highest BCUT2D eigenvalue weighted by molar-refractivity contribution is 5.96. The van der Waals surface area contributed by atoms with E-state index in [4.69, 9.17) is 4.74 Å². The van der Waals surface area contributed by atoms with Crippen molar-refractivity contribution >= 4 is 23.4 Å². The highest BCUT2D eigenvalue weighted by Crippen LogP contribution is 2.40. The molecule has 1 spiro atoms. The van der Waals surface area contributed by atoms with E-state index < -0.39 is 11.0 Å². The highest BCUT2D eigenvalue weighted by Gasteiger charge is 2.54. The third-order valence-corrected chi connectivity index (χ3v) is 7.34. The van der Waals surface area contributed by atoms with E-state index in [0.29, 0.717) is 45.6 Å². The monoisotopic (exact) mass is 506 g/mol. The molecule has 0 atom stereocenters. The third kappa shape index (κ3) is 5.58. The maximum absolute atomic E-state index is 13.8. The molecule has 4 rings (SSSR count). The molecule has 2 saturated heterocycles. The van der Waals surface area contributed by atoms with Crippen molar-refractivity contribution in [2.24, 2.45) is 5.41 Å². The van der Waals surface area contributed by atoms with E-state index in [9.17, 15) is 14.4 Å². The summed E-state index contributed by atoms with van der Waals surface area (Å²) in [6, 6.07) is 17.6. The first-order chi connectivity index (χ1) is 17.7. The van der Waals surface area contributed by atoms with Gasteiger partial charge in [-0.15, -0.1) is 0 Å². The van der Waals surface area contributed by atoms with Gasteiger partial charge in [0.2, 0.25) is 11.8 Å². The summed E-state index contributed by atoms with van der Waals surface area (Å²) in [6.07, 6.45) is 1.71. The van der Waals surface area contributed by atoms with Crippen molar-refractivity contribution in [2.75, 3.05) is 44.9 Å². The van der Waals surface area contributed by atoms with Gasteiger partial charge in [-0.1, -0.05) is 57.2 Å². The lowest BCUT2D eigenvalue weighted by Crippen LogP contribution is -2.58. The van der Waals surface area contributed by atoms with Crippen LogP contribution in [0.25, 0.3) is 0 Å². The van der Waals surface area contributed by atoms with Gasteiger partial charge in [-0.25, -0.2) is 0 Å². The molecule has 8 nitrogen and oxygen atoms in total. The Morgan fingerprint density at radius 1 is 1.00 bits per heavy atom. The van der Waals surface area contributed by atoms with Gasteiger partial charge in [0, 0.05) is 30.7 Å². The van der Waals surface area contributed by atoms with Crippen molar-refractivity contribution < 1.29 is 19.1 Å². The fourth-order valence-corrected chi connectivity index (χ4v) is 5.35. The van der Waals surface area contributed by atoms with Crippen molar-refractivity contribution in [1.29, 1.82) is 0 Å². The highest BCUT2D eigenvalue weighted by atomic mass is 16.5. The summed E-state index contributed by atoms with van der Waals surface area (Å²) in [5, 5.41) is 2.95. The Morgan fingerprint density at radius 3 is 2.30 bits per heavy atom. The maximum atomic E-state index is 13.8. The summed E-state index contributed by atoms with van der Waals surface area (Å²) >= 11 is 0. The summed E-state index contributed by atoms with van der Waals surface area (Å²) in [4.78, 5) is 45.2. The number of piperidine rings is 1. The second kappa shape index (κ2) is 10.8.